The highest BCUT2D eigenvalue weighted by Gasteiger charge is 2.27. The van der Waals surface area contributed by atoms with E-state index in [1.807, 2.05) is 0 Å². The molecular formula is C10H23O4Si. The molecular weight excluding hydrogens is 212 g/mol. The van der Waals surface area contributed by atoms with E-state index in [2.05, 4.69) is 18.2 Å². The van der Waals surface area contributed by atoms with E-state index in [0.29, 0.717) is 6.61 Å². The lowest BCUT2D eigenvalue weighted by Gasteiger charge is -2.21. The molecule has 0 N–H and O–H groups in total. The molecule has 5 heteroatoms. The van der Waals surface area contributed by atoms with Crippen molar-refractivity contribution in [3.05, 3.63) is 0 Å². The Kier molecular flexibility index (Phi) is 8.27. The monoisotopic (exact) mass is 235 g/mol. The smallest absolute Gasteiger partial charge is 0.334 e. The third kappa shape index (κ3) is 7.93. The first-order chi connectivity index (χ1) is 7.11. The average molecular weight is 235 g/mol. The standard InChI is InChI=1S/C7H18O2Si.C3H5O2/c1-5-6-7-10(4,8-2)9-3;4-1-3-2-5-3/h5-7H2,1-4H3;3H,1-2H2. The molecule has 0 spiro atoms. The van der Waals surface area contributed by atoms with Gasteiger partial charge in [0.25, 0.3) is 0 Å². The van der Waals surface area contributed by atoms with Crippen LogP contribution in [-0.2, 0) is 18.7 Å². The van der Waals surface area contributed by atoms with E-state index >= 15 is 0 Å². The first-order valence-corrected chi connectivity index (χ1v) is 7.94. The lowest BCUT2D eigenvalue weighted by Crippen LogP contribution is -2.35. The fraction of sp³-hybridized carbons (Fsp3) is 1.00. The minimum atomic E-state index is -1.72. The number of unbranched alkanes of at least 4 members (excludes halogenated alkanes) is 1. The van der Waals surface area contributed by atoms with Crippen molar-refractivity contribution >= 4 is 8.56 Å². The van der Waals surface area contributed by atoms with Gasteiger partial charge in [-0.2, -0.15) is 0 Å². The van der Waals surface area contributed by atoms with Crippen LogP contribution in [0.15, 0.2) is 0 Å². The van der Waals surface area contributed by atoms with Gasteiger partial charge in [-0.15, -0.1) is 0 Å². The van der Waals surface area contributed by atoms with Gasteiger partial charge in [0.2, 0.25) is 0 Å². The number of epoxide rings is 1. The fourth-order valence-electron chi connectivity index (χ4n) is 0.950. The minimum Gasteiger partial charge on any atom is -0.398 e. The van der Waals surface area contributed by atoms with Crippen LogP contribution in [-0.4, -0.2) is 42.1 Å². The second-order valence-corrected chi connectivity index (χ2v) is 7.35. The fourth-order valence-corrected chi connectivity index (χ4v) is 2.52. The van der Waals surface area contributed by atoms with Gasteiger partial charge in [0.15, 0.2) is 0 Å². The molecule has 0 aromatic carbocycles. The van der Waals surface area contributed by atoms with Crippen molar-refractivity contribution in [2.75, 3.05) is 27.4 Å². The molecule has 4 nitrogen and oxygen atoms in total. The van der Waals surface area contributed by atoms with Crippen molar-refractivity contribution < 1.29 is 18.7 Å². The molecule has 1 fully saturated rings. The molecule has 1 radical (unpaired) electrons. The first-order valence-electron chi connectivity index (χ1n) is 5.41. The van der Waals surface area contributed by atoms with Crippen LogP contribution in [0.5, 0.6) is 0 Å². The van der Waals surface area contributed by atoms with Gasteiger partial charge >= 0.3 is 8.56 Å². The van der Waals surface area contributed by atoms with Crippen LogP contribution < -0.4 is 0 Å². The van der Waals surface area contributed by atoms with E-state index in [1.54, 1.807) is 14.2 Å². The molecule has 1 saturated heterocycles. The lowest BCUT2D eigenvalue weighted by atomic mass is 10.4. The van der Waals surface area contributed by atoms with E-state index in [1.165, 1.54) is 12.8 Å². The molecule has 1 aliphatic rings. The third-order valence-electron chi connectivity index (χ3n) is 2.44. The molecule has 15 heavy (non-hydrogen) atoms. The molecule has 0 aliphatic carbocycles. The maximum absolute atomic E-state index is 9.57. The second-order valence-electron chi connectivity index (χ2n) is 3.77. The van der Waals surface area contributed by atoms with Crippen molar-refractivity contribution in [1.82, 2.24) is 0 Å². The van der Waals surface area contributed by atoms with Gasteiger partial charge in [-0.05, 0) is 12.6 Å². The van der Waals surface area contributed by atoms with Gasteiger partial charge in [-0.3, -0.25) is 0 Å². The molecule has 0 aromatic heterocycles. The summed E-state index contributed by atoms with van der Waals surface area (Å²) in [6, 6.07) is 1.11. The highest BCUT2D eigenvalue weighted by atomic mass is 28.4. The van der Waals surface area contributed by atoms with Crippen molar-refractivity contribution in [3.8, 4) is 0 Å². The van der Waals surface area contributed by atoms with Gasteiger partial charge in [-0.1, -0.05) is 19.8 Å². The zero-order valence-electron chi connectivity index (χ0n) is 10.2. The van der Waals surface area contributed by atoms with Gasteiger partial charge in [0, 0.05) is 14.2 Å². The summed E-state index contributed by atoms with van der Waals surface area (Å²) in [5.41, 5.74) is 0. The summed E-state index contributed by atoms with van der Waals surface area (Å²) >= 11 is 0. The summed E-state index contributed by atoms with van der Waals surface area (Å²) in [6.45, 7) is 4.92. The lowest BCUT2D eigenvalue weighted by molar-refractivity contribution is 0.164. The molecule has 0 aromatic rings. The summed E-state index contributed by atoms with van der Waals surface area (Å²) in [5.74, 6) is 0. The van der Waals surface area contributed by atoms with Crippen molar-refractivity contribution in [2.45, 2.75) is 38.5 Å². The molecule has 0 saturated carbocycles. The summed E-state index contributed by atoms with van der Waals surface area (Å²) in [4.78, 5) is 0. The molecule has 0 amide bonds. The molecule has 1 atom stereocenters. The SMILES string of the molecule is CCCC[Si](C)(OC)OC.[O]CC1CO1. The summed E-state index contributed by atoms with van der Waals surface area (Å²) in [7, 11) is 1.76. The largest absolute Gasteiger partial charge is 0.398 e. The molecule has 1 rings (SSSR count). The second kappa shape index (κ2) is 8.24. The Labute approximate surface area is 93.8 Å². The summed E-state index contributed by atoms with van der Waals surface area (Å²) < 4.78 is 15.2. The Balaban J connectivity index is 0.000000322. The van der Waals surface area contributed by atoms with Gasteiger partial charge in [0.1, 0.15) is 12.7 Å². The van der Waals surface area contributed by atoms with Crippen LogP contribution in [0.2, 0.25) is 12.6 Å². The number of ether oxygens (including phenoxy) is 1. The maximum atomic E-state index is 9.57. The summed E-state index contributed by atoms with van der Waals surface area (Å²) in [6.07, 6.45) is 2.51. The highest BCUT2D eigenvalue weighted by Crippen LogP contribution is 2.14. The van der Waals surface area contributed by atoms with E-state index in [4.69, 9.17) is 8.85 Å². The van der Waals surface area contributed by atoms with Crippen LogP contribution in [0.1, 0.15) is 19.8 Å². The predicted octanol–water partition coefficient (Wildman–Crippen LogP) is 1.97. The van der Waals surface area contributed by atoms with Gasteiger partial charge in [-0.25, -0.2) is 5.11 Å². The molecule has 1 aliphatic heterocycles. The maximum Gasteiger partial charge on any atom is 0.334 e. The molecule has 1 unspecified atom stereocenters. The minimum absolute atomic E-state index is 0.0556. The van der Waals surface area contributed by atoms with Crippen LogP contribution in [0.25, 0.3) is 0 Å². The number of hydrogen-bond donors (Lipinski definition) is 0. The topological polar surface area (TPSA) is 50.9 Å². The zero-order chi connectivity index (χ0) is 11.7. The van der Waals surface area contributed by atoms with E-state index in [-0.39, 0.29) is 12.7 Å². The van der Waals surface area contributed by atoms with Crippen LogP contribution >= 0.6 is 0 Å². The average Bonchev–Trinajstić information content (AvgIpc) is 3.10. The van der Waals surface area contributed by atoms with Crippen LogP contribution in [0, 0.1) is 0 Å². The van der Waals surface area contributed by atoms with Crippen molar-refractivity contribution in [2.24, 2.45) is 0 Å². The number of rotatable bonds is 6. The Morgan fingerprint density at radius 2 is 1.93 bits per heavy atom. The van der Waals surface area contributed by atoms with E-state index in [9.17, 15) is 5.11 Å². The van der Waals surface area contributed by atoms with Crippen molar-refractivity contribution in [3.63, 3.8) is 0 Å². The third-order valence-corrected chi connectivity index (χ3v) is 5.43. The van der Waals surface area contributed by atoms with E-state index < -0.39 is 8.56 Å². The zero-order valence-corrected chi connectivity index (χ0v) is 11.2. The van der Waals surface area contributed by atoms with Gasteiger partial charge in [0.05, 0.1) is 6.61 Å². The Hall–Kier alpha value is 0.0569. The quantitative estimate of drug-likeness (QED) is 0.522. The highest BCUT2D eigenvalue weighted by molar-refractivity contribution is 6.65. The first kappa shape index (κ1) is 15.1. The molecule has 0 bridgehead atoms. The normalized spacial score (nSPS) is 19.4. The Morgan fingerprint density at radius 3 is 2.13 bits per heavy atom. The number of hydrogen-bond acceptors (Lipinski definition) is 3. The van der Waals surface area contributed by atoms with E-state index in [0.717, 1.165) is 6.04 Å². The predicted molar refractivity (Wildman–Crippen MR) is 60.6 cm³/mol. The Bertz CT molecular complexity index is 146. The van der Waals surface area contributed by atoms with Crippen LogP contribution in [0.4, 0.5) is 0 Å². The van der Waals surface area contributed by atoms with Gasteiger partial charge < -0.3 is 13.6 Å². The molecule has 91 valence electrons. The van der Waals surface area contributed by atoms with Crippen molar-refractivity contribution in [1.29, 1.82) is 0 Å². The molecule has 1 heterocycles. The Morgan fingerprint density at radius 1 is 1.40 bits per heavy atom. The van der Waals surface area contributed by atoms with Crippen LogP contribution in [0.3, 0.4) is 0 Å². The summed E-state index contributed by atoms with van der Waals surface area (Å²) in [5, 5.41) is 9.57.